The Kier molecular flexibility index (Phi) is 5.18. The van der Waals surface area contributed by atoms with Crippen LogP contribution in [0.5, 0.6) is 0 Å². The minimum Gasteiger partial charge on any atom is -0.478 e. The number of carboxylic acid groups (broad SMARTS) is 1. The molecule has 0 radical (unpaired) electrons. The topological polar surface area (TPSA) is 92.7 Å². The summed E-state index contributed by atoms with van der Waals surface area (Å²) >= 11 is 0. The van der Waals surface area contributed by atoms with E-state index in [1.807, 2.05) is 4.72 Å². The zero-order valence-corrected chi connectivity index (χ0v) is 11.6. The van der Waals surface area contributed by atoms with Crippen molar-refractivity contribution in [1.82, 2.24) is 0 Å². The van der Waals surface area contributed by atoms with Gasteiger partial charge in [-0.1, -0.05) is 0 Å². The van der Waals surface area contributed by atoms with Crippen molar-refractivity contribution in [3.63, 3.8) is 0 Å². The summed E-state index contributed by atoms with van der Waals surface area (Å²) in [6.07, 6.45) is -4.72. The molecule has 0 saturated carbocycles. The first kappa shape index (κ1) is 17.2. The SMILES string of the molecule is COCCS(=O)(=O)Nc1cc(C(F)(F)F)ccc1C(=O)O. The number of benzene rings is 1. The number of carbonyl (C=O) groups is 1. The van der Waals surface area contributed by atoms with Crippen LogP contribution in [0.25, 0.3) is 0 Å². The van der Waals surface area contributed by atoms with E-state index < -0.39 is 44.7 Å². The second-order valence-corrected chi connectivity index (χ2v) is 5.82. The Balaban J connectivity index is 3.22. The van der Waals surface area contributed by atoms with E-state index in [0.29, 0.717) is 18.2 Å². The number of carboxylic acids is 1. The molecule has 0 fully saturated rings. The second kappa shape index (κ2) is 6.31. The number of methoxy groups -OCH3 is 1. The maximum absolute atomic E-state index is 12.6. The maximum Gasteiger partial charge on any atom is 0.416 e. The summed E-state index contributed by atoms with van der Waals surface area (Å²) in [5.41, 5.74) is -2.38. The van der Waals surface area contributed by atoms with Crippen molar-refractivity contribution in [1.29, 1.82) is 0 Å². The highest BCUT2D eigenvalue weighted by molar-refractivity contribution is 7.92. The molecule has 0 aromatic heterocycles. The predicted octanol–water partition coefficient (Wildman–Crippen LogP) is 1.79. The molecular formula is C11H12F3NO5S. The molecule has 21 heavy (non-hydrogen) atoms. The first-order valence-corrected chi connectivity index (χ1v) is 7.16. The fourth-order valence-electron chi connectivity index (χ4n) is 1.40. The third-order valence-corrected chi connectivity index (χ3v) is 3.63. The van der Waals surface area contributed by atoms with E-state index in [-0.39, 0.29) is 6.61 Å². The van der Waals surface area contributed by atoms with Gasteiger partial charge in [-0.15, -0.1) is 0 Å². The van der Waals surface area contributed by atoms with Gasteiger partial charge in [0, 0.05) is 7.11 Å². The molecule has 0 spiro atoms. The third kappa shape index (κ3) is 4.90. The third-order valence-electron chi connectivity index (χ3n) is 2.40. The van der Waals surface area contributed by atoms with Gasteiger partial charge >= 0.3 is 12.1 Å². The number of sulfonamides is 1. The minimum atomic E-state index is -4.72. The van der Waals surface area contributed by atoms with E-state index in [9.17, 15) is 26.4 Å². The molecule has 0 heterocycles. The molecule has 6 nitrogen and oxygen atoms in total. The normalized spacial score (nSPS) is 12.2. The zero-order chi connectivity index (χ0) is 16.3. The number of hydrogen-bond donors (Lipinski definition) is 2. The number of alkyl halides is 3. The van der Waals surface area contributed by atoms with Crippen LogP contribution in [-0.2, 0) is 20.9 Å². The molecule has 0 saturated heterocycles. The molecule has 0 amide bonds. The lowest BCUT2D eigenvalue weighted by Crippen LogP contribution is -2.21. The van der Waals surface area contributed by atoms with Gasteiger partial charge in [-0.05, 0) is 18.2 Å². The van der Waals surface area contributed by atoms with E-state index in [0.717, 1.165) is 0 Å². The number of halogens is 3. The summed E-state index contributed by atoms with van der Waals surface area (Å²) in [5.74, 6) is -2.06. The molecule has 118 valence electrons. The summed E-state index contributed by atoms with van der Waals surface area (Å²) in [5, 5.41) is 8.89. The van der Waals surface area contributed by atoms with Crippen molar-refractivity contribution in [2.75, 3.05) is 24.2 Å². The highest BCUT2D eigenvalue weighted by Gasteiger charge is 2.32. The van der Waals surface area contributed by atoms with E-state index in [1.165, 1.54) is 7.11 Å². The van der Waals surface area contributed by atoms with Crippen LogP contribution in [0.4, 0.5) is 18.9 Å². The smallest absolute Gasteiger partial charge is 0.416 e. The van der Waals surface area contributed by atoms with Crippen LogP contribution in [0.1, 0.15) is 15.9 Å². The summed E-state index contributed by atoms with van der Waals surface area (Å²) in [7, 11) is -2.77. The number of nitrogens with one attached hydrogen (secondary N) is 1. The molecule has 1 aromatic rings. The van der Waals surface area contributed by atoms with Crippen LogP contribution < -0.4 is 4.72 Å². The largest absolute Gasteiger partial charge is 0.478 e. The van der Waals surface area contributed by atoms with Crippen LogP contribution >= 0.6 is 0 Å². The summed E-state index contributed by atoms with van der Waals surface area (Å²) < 4.78 is 67.4. The molecule has 0 atom stereocenters. The van der Waals surface area contributed by atoms with Crippen molar-refractivity contribution in [2.24, 2.45) is 0 Å². The van der Waals surface area contributed by atoms with Crippen LogP contribution in [0.15, 0.2) is 18.2 Å². The number of rotatable bonds is 6. The number of aromatic carboxylic acids is 1. The van der Waals surface area contributed by atoms with Crippen molar-refractivity contribution in [2.45, 2.75) is 6.18 Å². The standard InChI is InChI=1S/C11H12F3NO5S/c1-20-4-5-21(18,19)15-9-6-7(11(12,13)14)2-3-8(9)10(16)17/h2-3,6,15H,4-5H2,1H3,(H,16,17). The summed E-state index contributed by atoms with van der Waals surface area (Å²) in [6, 6.07) is 1.70. The lowest BCUT2D eigenvalue weighted by molar-refractivity contribution is -0.137. The predicted molar refractivity (Wildman–Crippen MR) is 67.7 cm³/mol. The fraction of sp³-hybridized carbons (Fsp3) is 0.364. The first-order chi connectivity index (χ1) is 9.57. The van der Waals surface area contributed by atoms with Gasteiger partial charge < -0.3 is 9.84 Å². The molecule has 0 aliphatic carbocycles. The molecule has 0 unspecified atom stereocenters. The summed E-state index contributed by atoms with van der Waals surface area (Å²) in [4.78, 5) is 10.9. The van der Waals surface area contributed by atoms with Crippen molar-refractivity contribution in [3.05, 3.63) is 29.3 Å². The highest BCUT2D eigenvalue weighted by Crippen LogP contribution is 2.32. The van der Waals surface area contributed by atoms with E-state index in [1.54, 1.807) is 0 Å². The first-order valence-electron chi connectivity index (χ1n) is 5.51. The van der Waals surface area contributed by atoms with Gasteiger partial charge in [0.05, 0.1) is 29.2 Å². The number of hydrogen-bond acceptors (Lipinski definition) is 4. The highest BCUT2D eigenvalue weighted by atomic mass is 32.2. The molecule has 10 heteroatoms. The Morgan fingerprint density at radius 3 is 2.48 bits per heavy atom. The maximum atomic E-state index is 12.6. The van der Waals surface area contributed by atoms with E-state index in [4.69, 9.17) is 5.11 Å². The van der Waals surface area contributed by atoms with Crippen molar-refractivity contribution in [3.8, 4) is 0 Å². The van der Waals surface area contributed by atoms with Crippen LogP contribution in [0, 0.1) is 0 Å². The number of ether oxygens (including phenoxy) is 1. The average molecular weight is 327 g/mol. The average Bonchev–Trinajstić information content (AvgIpc) is 2.34. The molecule has 1 rings (SSSR count). The second-order valence-electron chi connectivity index (χ2n) is 3.98. The van der Waals surface area contributed by atoms with Crippen LogP contribution in [0.2, 0.25) is 0 Å². The van der Waals surface area contributed by atoms with Crippen molar-refractivity contribution >= 4 is 21.7 Å². The molecule has 0 bridgehead atoms. The van der Waals surface area contributed by atoms with Gasteiger partial charge in [-0.3, -0.25) is 4.72 Å². The molecule has 2 N–H and O–H groups in total. The Morgan fingerprint density at radius 2 is 2.00 bits per heavy atom. The van der Waals surface area contributed by atoms with Gasteiger partial charge in [-0.25, -0.2) is 13.2 Å². The van der Waals surface area contributed by atoms with E-state index in [2.05, 4.69) is 4.74 Å². The lowest BCUT2D eigenvalue weighted by Gasteiger charge is -2.13. The monoisotopic (exact) mass is 327 g/mol. The zero-order valence-electron chi connectivity index (χ0n) is 10.8. The Morgan fingerprint density at radius 1 is 1.38 bits per heavy atom. The summed E-state index contributed by atoms with van der Waals surface area (Å²) in [6.45, 7) is -0.184. The molecule has 0 aliphatic rings. The van der Waals surface area contributed by atoms with Gasteiger partial charge in [-0.2, -0.15) is 13.2 Å². The van der Waals surface area contributed by atoms with Gasteiger partial charge in [0.25, 0.3) is 0 Å². The van der Waals surface area contributed by atoms with Crippen LogP contribution in [0.3, 0.4) is 0 Å². The molecular weight excluding hydrogens is 315 g/mol. The van der Waals surface area contributed by atoms with Gasteiger partial charge in [0.2, 0.25) is 10.0 Å². The minimum absolute atomic E-state index is 0.184. The Labute approximate surface area is 118 Å². The van der Waals surface area contributed by atoms with Crippen molar-refractivity contribution < 1.29 is 36.2 Å². The Bertz CT molecular complexity index is 627. The fourth-order valence-corrected chi connectivity index (χ4v) is 2.40. The van der Waals surface area contributed by atoms with Crippen LogP contribution in [-0.4, -0.2) is 39.0 Å². The Hall–Kier alpha value is -1.81. The van der Waals surface area contributed by atoms with Gasteiger partial charge in [0.15, 0.2) is 0 Å². The lowest BCUT2D eigenvalue weighted by atomic mass is 10.1. The van der Waals surface area contributed by atoms with Gasteiger partial charge in [0.1, 0.15) is 0 Å². The van der Waals surface area contributed by atoms with E-state index >= 15 is 0 Å². The molecule has 1 aromatic carbocycles. The molecule has 0 aliphatic heterocycles. The quantitative estimate of drug-likeness (QED) is 0.831. The number of anilines is 1.